The van der Waals surface area contributed by atoms with Crippen molar-refractivity contribution in [3.63, 3.8) is 0 Å². The molecule has 0 bridgehead atoms. The van der Waals surface area contributed by atoms with Crippen LogP contribution in [0.3, 0.4) is 0 Å². The predicted molar refractivity (Wildman–Crippen MR) is 31.5 cm³/mol. The second-order valence-corrected chi connectivity index (χ2v) is 1.79. The fourth-order valence-electron chi connectivity index (χ4n) is 0.323. The van der Waals surface area contributed by atoms with Crippen LogP contribution in [0, 0.1) is 0 Å². The van der Waals surface area contributed by atoms with E-state index in [2.05, 4.69) is 0 Å². The number of aliphatic hydroxyl groups excluding tert-OH is 1. The van der Waals surface area contributed by atoms with Crippen molar-refractivity contribution in [1.29, 1.82) is 0 Å². The van der Waals surface area contributed by atoms with E-state index < -0.39 is 0 Å². The van der Waals surface area contributed by atoms with E-state index in [1.807, 2.05) is 6.92 Å². The maximum Gasteiger partial charge on any atom is 0.0716 e. The van der Waals surface area contributed by atoms with Crippen molar-refractivity contribution in [3.05, 3.63) is 0 Å². The van der Waals surface area contributed by atoms with Crippen molar-refractivity contribution < 1.29 is 9.84 Å². The molecule has 0 aromatic rings. The van der Waals surface area contributed by atoms with E-state index in [4.69, 9.17) is 15.6 Å². The number of hydrogen-bond acceptors (Lipinski definition) is 3. The van der Waals surface area contributed by atoms with Crippen LogP contribution in [0.15, 0.2) is 0 Å². The van der Waals surface area contributed by atoms with Crippen molar-refractivity contribution in [3.8, 4) is 0 Å². The third-order valence-corrected chi connectivity index (χ3v) is 1.19. The molecule has 0 aliphatic heterocycles. The summed E-state index contributed by atoms with van der Waals surface area (Å²) in [5, 5.41) is 8.43. The summed E-state index contributed by atoms with van der Waals surface area (Å²) in [5.74, 6) is 0. The highest BCUT2D eigenvalue weighted by Gasteiger charge is 2.08. The fraction of sp³-hybridized carbons (Fsp3) is 1.00. The molecule has 0 aliphatic carbocycles. The molecule has 0 fully saturated rings. The van der Waals surface area contributed by atoms with Crippen LogP contribution in [0.2, 0.25) is 0 Å². The van der Waals surface area contributed by atoms with Crippen LogP contribution in [-0.2, 0) is 4.74 Å². The quantitative estimate of drug-likeness (QED) is 0.518. The van der Waals surface area contributed by atoms with Crippen molar-refractivity contribution in [2.45, 2.75) is 19.1 Å². The Bertz CT molecular complexity index is 50.4. The van der Waals surface area contributed by atoms with Crippen LogP contribution in [0.25, 0.3) is 0 Å². The lowest BCUT2D eigenvalue weighted by Crippen LogP contribution is -2.36. The van der Waals surface area contributed by atoms with E-state index in [9.17, 15) is 0 Å². The van der Waals surface area contributed by atoms with E-state index in [1.165, 1.54) is 0 Å². The molecular formula is C5H13NO2. The summed E-state index contributed by atoms with van der Waals surface area (Å²) in [4.78, 5) is 0. The van der Waals surface area contributed by atoms with Crippen molar-refractivity contribution in [1.82, 2.24) is 0 Å². The Balaban J connectivity index is 3.29. The standard InChI is InChI=1S/C5H13NO2/c1-4(8-2)5(6)3-7/h4-5,7H,3,6H2,1-2H3/t4-,5+/m0/s1. The van der Waals surface area contributed by atoms with Gasteiger partial charge in [0.15, 0.2) is 0 Å². The van der Waals surface area contributed by atoms with Gasteiger partial charge in [0.05, 0.1) is 18.8 Å². The number of rotatable bonds is 3. The molecule has 0 radical (unpaired) electrons. The van der Waals surface area contributed by atoms with Gasteiger partial charge in [-0.2, -0.15) is 0 Å². The number of nitrogens with two attached hydrogens (primary N) is 1. The molecule has 3 nitrogen and oxygen atoms in total. The summed E-state index contributed by atoms with van der Waals surface area (Å²) >= 11 is 0. The third-order valence-electron chi connectivity index (χ3n) is 1.19. The smallest absolute Gasteiger partial charge is 0.0716 e. The maximum absolute atomic E-state index is 8.43. The molecule has 3 N–H and O–H groups in total. The maximum atomic E-state index is 8.43. The highest BCUT2D eigenvalue weighted by molar-refractivity contribution is 4.65. The molecule has 0 spiro atoms. The lowest BCUT2D eigenvalue weighted by Gasteiger charge is -2.14. The van der Waals surface area contributed by atoms with Gasteiger partial charge in [-0.15, -0.1) is 0 Å². The third kappa shape index (κ3) is 2.26. The summed E-state index contributed by atoms with van der Waals surface area (Å²) in [6.07, 6.45) is -0.0556. The predicted octanol–water partition coefficient (Wildman–Crippen LogP) is -0.659. The summed E-state index contributed by atoms with van der Waals surface area (Å²) in [7, 11) is 1.57. The molecule has 0 aliphatic rings. The minimum Gasteiger partial charge on any atom is -0.395 e. The zero-order valence-electron chi connectivity index (χ0n) is 5.29. The van der Waals surface area contributed by atoms with Crippen LogP contribution < -0.4 is 5.73 Å². The molecule has 50 valence electrons. The van der Waals surface area contributed by atoms with Gasteiger partial charge in [0.25, 0.3) is 0 Å². The minimum atomic E-state index is -0.250. The number of aliphatic hydroxyl groups is 1. The molecule has 0 heterocycles. The average molecular weight is 119 g/mol. The van der Waals surface area contributed by atoms with Gasteiger partial charge in [0.1, 0.15) is 0 Å². The molecule has 0 amide bonds. The lowest BCUT2D eigenvalue weighted by molar-refractivity contribution is 0.0731. The normalized spacial score (nSPS) is 18.0. The Hall–Kier alpha value is -0.120. The number of ether oxygens (including phenoxy) is 1. The second-order valence-electron chi connectivity index (χ2n) is 1.79. The highest BCUT2D eigenvalue weighted by Crippen LogP contribution is 1.90. The molecule has 2 atom stereocenters. The molecular weight excluding hydrogens is 106 g/mol. The summed E-state index contributed by atoms with van der Waals surface area (Å²) in [6.45, 7) is 1.80. The van der Waals surface area contributed by atoms with Crippen LogP contribution in [0.1, 0.15) is 6.92 Å². The Labute approximate surface area is 49.4 Å². The Morgan fingerprint density at radius 2 is 2.25 bits per heavy atom. The van der Waals surface area contributed by atoms with Gasteiger partial charge < -0.3 is 15.6 Å². The van der Waals surface area contributed by atoms with Gasteiger partial charge in [0, 0.05) is 7.11 Å². The zero-order chi connectivity index (χ0) is 6.57. The molecule has 0 aromatic carbocycles. The Morgan fingerprint density at radius 3 is 2.38 bits per heavy atom. The van der Waals surface area contributed by atoms with Gasteiger partial charge in [-0.1, -0.05) is 0 Å². The van der Waals surface area contributed by atoms with Crippen LogP contribution in [0.5, 0.6) is 0 Å². The van der Waals surface area contributed by atoms with Crippen LogP contribution >= 0.6 is 0 Å². The molecule has 0 unspecified atom stereocenters. The van der Waals surface area contributed by atoms with Gasteiger partial charge in [0.2, 0.25) is 0 Å². The first-order valence-corrected chi connectivity index (χ1v) is 2.61. The molecule has 0 saturated heterocycles. The van der Waals surface area contributed by atoms with Gasteiger partial charge >= 0.3 is 0 Å². The van der Waals surface area contributed by atoms with E-state index in [0.717, 1.165) is 0 Å². The number of methoxy groups -OCH3 is 1. The highest BCUT2D eigenvalue weighted by atomic mass is 16.5. The molecule has 0 saturated carbocycles. The summed E-state index contributed by atoms with van der Waals surface area (Å²) < 4.78 is 4.82. The first-order chi connectivity index (χ1) is 3.72. The minimum absolute atomic E-state index is 0.0188. The molecule has 0 aromatic heterocycles. The summed E-state index contributed by atoms with van der Waals surface area (Å²) in [5.41, 5.74) is 5.35. The second kappa shape index (κ2) is 3.83. The van der Waals surface area contributed by atoms with E-state index in [1.54, 1.807) is 7.11 Å². The average Bonchev–Trinajstić information content (AvgIpc) is 1.84. The first-order valence-electron chi connectivity index (χ1n) is 2.61. The van der Waals surface area contributed by atoms with Crippen molar-refractivity contribution in [2.24, 2.45) is 5.73 Å². The van der Waals surface area contributed by atoms with Crippen LogP contribution in [0.4, 0.5) is 0 Å². The Morgan fingerprint density at radius 1 is 1.75 bits per heavy atom. The van der Waals surface area contributed by atoms with Crippen molar-refractivity contribution >= 4 is 0 Å². The summed E-state index contributed by atoms with van der Waals surface area (Å²) in [6, 6.07) is -0.250. The molecule has 8 heavy (non-hydrogen) atoms. The zero-order valence-corrected chi connectivity index (χ0v) is 5.29. The van der Waals surface area contributed by atoms with Crippen LogP contribution in [-0.4, -0.2) is 31.0 Å². The van der Waals surface area contributed by atoms with E-state index in [0.29, 0.717) is 0 Å². The van der Waals surface area contributed by atoms with Gasteiger partial charge in [-0.3, -0.25) is 0 Å². The molecule has 3 heteroatoms. The van der Waals surface area contributed by atoms with Gasteiger partial charge in [-0.25, -0.2) is 0 Å². The largest absolute Gasteiger partial charge is 0.395 e. The SMILES string of the molecule is CO[C@@H](C)[C@H](N)CO. The topological polar surface area (TPSA) is 55.5 Å². The van der Waals surface area contributed by atoms with Gasteiger partial charge in [-0.05, 0) is 6.92 Å². The monoisotopic (exact) mass is 119 g/mol. The fourth-order valence-corrected chi connectivity index (χ4v) is 0.323. The van der Waals surface area contributed by atoms with E-state index in [-0.39, 0.29) is 18.8 Å². The number of hydrogen-bond donors (Lipinski definition) is 2. The van der Waals surface area contributed by atoms with Crippen molar-refractivity contribution in [2.75, 3.05) is 13.7 Å². The first kappa shape index (κ1) is 7.88. The molecule has 0 rings (SSSR count). The lowest BCUT2D eigenvalue weighted by atomic mass is 10.2. The Kier molecular flexibility index (Phi) is 3.77. The van der Waals surface area contributed by atoms with E-state index >= 15 is 0 Å².